The molecule has 0 fully saturated rings. The average molecular weight is 294 g/mol. The fourth-order valence-electron chi connectivity index (χ4n) is 1.91. The third-order valence-electron chi connectivity index (χ3n) is 3.09. The molecule has 0 atom stereocenters. The maximum absolute atomic E-state index is 11.2. The van der Waals surface area contributed by atoms with Crippen molar-refractivity contribution >= 4 is 5.97 Å². The molecule has 21 heavy (non-hydrogen) atoms. The van der Waals surface area contributed by atoms with Gasteiger partial charge in [-0.05, 0) is 38.1 Å². The van der Waals surface area contributed by atoms with E-state index in [9.17, 15) is 4.79 Å². The van der Waals surface area contributed by atoms with E-state index >= 15 is 0 Å². The molecule has 118 valence electrons. The number of benzene rings is 1. The minimum absolute atomic E-state index is 0.140. The predicted molar refractivity (Wildman–Crippen MR) is 83.2 cm³/mol. The third kappa shape index (κ3) is 7.68. The maximum Gasteiger partial charge on any atom is 0.307 e. The number of nitrogens with zero attached hydrogens (tertiary/aromatic N) is 1. The van der Waals surface area contributed by atoms with Crippen molar-refractivity contribution in [1.82, 2.24) is 4.90 Å². The van der Waals surface area contributed by atoms with Crippen molar-refractivity contribution in [3.8, 4) is 5.75 Å². The summed E-state index contributed by atoms with van der Waals surface area (Å²) in [5, 5.41) is 0. The Balaban J connectivity index is 2.14. The third-order valence-corrected chi connectivity index (χ3v) is 3.09. The van der Waals surface area contributed by atoms with E-state index in [0.29, 0.717) is 32.7 Å². The fourth-order valence-corrected chi connectivity index (χ4v) is 1.91. The summed E-state index contributed by atoms with van der Waals surface area (Å²) in [4.78, 5) is 13.3. The van der Waals surface area contributed by atoms with Crippen molar-refractivity contribution in [3.63, 3.8) is 0 Å². The Morgan fingerprint density at radius 3 is 2.86 bits per heavy atom. The summed E-state index contributed by atoms with van der Waals surface area (Å²) in [7, 11) is 1.99. The number of esters is 1. The molecule has 1 aromatic rings. The van der Waals surface area contributed by atoms with Crippen LogP contribution in [0.2, 0.25) is 0 Å². The van der Waals surface area contributed by atoms with Gasteiger partial charge in [-0.3, -0.25) is 4.79 Å². The molecule has 0 spiro atoms. The van der Waals surface area contributed by atoms with Gasteiger partial charge in [0.2, 0.25) is 0 Å². The Morgan fingerprint density at radius 2 is 2.14 bits per heavy atom. The van der Waals surface area contributed by atoms with Gasteiger partial charge in [-0.15, -0.1) is 0 Å². The second-order valence-corrected chi connectivity index (χ2v) is 4.91. The number of carbonyl (C=O) groups excluding carboxylic acids is 1. The number of rotatable bonds is 10. The van der Waals surface area contributed by atoms with Gasteiger partial charge in [-0.2, -0.15) is 0 Å². The molecule has 5 nitrogen and oxygen atoms in total. The lowest BCUT2D eigenvalue weighted by Crippen LogP contribution is -2.24. The van der Waals surface area contributed by atoms with Gasteiger partial charge < -0.3 is 20.1 Å². The molecule has 0 heterocycles. The van der Waals surface area contributed by atoms with Gasteiger partial charge in [-0.25, -0.2) is 0 Å². The van der Waals surface area contributed by atoms with E-state index in [4.69, 9.17) is 15.2 Å². The predicted octanol–water partition coefficient (Wildman–Crippen LogP) is 1.80. The molecule has 0 bridgehead atoms. The van der Waals surface area contributed by atoms with Gasteiger partial charge >= 0.3 is 5.97 Å². The van der Waals surface area contributed by atoms with Gasteiger partial charge in [0.15, 0.2) is 0 Å². The van der Waals surface area contributed by atoms with Crippen LogP contribution in [0.1, 0.15) is 25.3 Å². The molecule has 2 N–H and O–H groups in total. The highest BCUT2D eigenvalue weighted by atomic mass is 16.5. The number of carbonyl (C=O) groups is 1. The largest absolute Gasteiger partial charge is 0.494 e. The van der Waals surface area contributed by atoms with Gasteiger partial charge in [0.25, 0.3) is 0 Å². The lowest BCUT2D eigenvalue weighted by Gasteiger charge is -2.16. The van der Waals surface area contributed by atoms with Crippen molar-refractivity contribution in [1.29, 1.82) is 0 Å². The van der Waals surface area contributed by atoms with E-state index < -0.39 is 0 Å². The van der Waals surface area contributed by atoms with E-state index in [1.165, 1.54) is 0 Å². The first-order chi connectivity index (χ1) is 10.2. The summed E-state index contributed by atoms with van der Waals surface area (Å²) in [5.74, 6) is 0.714. The van der Waals surface area contributed by atoms with Crippen molar-refractivity contribution in [2.24, 2.45) is 5.73 Å². The summed E-state index contributed by atoms with van der Waals surface area (Å²) < 4.78 is 10.6. The van der Waals surface area contributed by atoms with Gasteiger partial charge in [-0.1, -0.05) is 12.1 Å². The van der Waals surface area contributed by atoms with Gasteiger partial charge in [0, 0.05) is 19.6 Å². The minimum atomic E-state index is -0.140. The molecule has 0 aliphatic heterocycles. The SMILES string of the molecule is CCOC(=O)CCN(C)CCCOc1cccc(CN)c1. The number of hydrogen-bond acceptors (Lipinski definition) is 5. The average Bonchev–Trinajstić information content (AvgIpc) is 2.50. The number of hydrogen-bond donors (Lipinski definition) is 1. The first-order valence-corrected chi connectivity index (χ1v) is 7.41. The monoisotopic (exact) mass is 294 g/mol. The van der Waals surface area contributed by atoms with Crippen molar-refractivity contribution in [2.45, 2.75) is 26.3 Å². The van der Waals surface area contributed by atoms with E-state index in [2.05, 4.69) is 4.90 Å². The Labute approximate surface area is 127 Å². The fraction of sp³-hybridized carbons (Fsp3) is 0.562. The summed E-state index contributed by atoms with van der Waals surface area (Å²) in [5.41, 5.74) is 6.66. The van der Waals surface area contributed by atoms with Gasteiger partial charge in [0.1, 0.15) is 5.75 Å². The highest BCUT2D eigenvalue weighted by Crippen LogP contribution is 2.13. The summed E-state index contributed by atoms with van der Waals surface area (Å²) in [6.45, 7) is 5.03. The summed E-state index contributed by atoms with van der Waals surface area (Å²) in [6.07, 6.45) is 1.34. The van der Waals surface area contributed by atoms with E-state index in [1.807, 2.05) is 38.2 Å². The van der Waals surface area contributed by atoms with Crippen LogP contribution >= 0.6 is 0 Å². The minimum Gasteiger partial charge on any atom is -0.494 e. The second kappa shape index (κ2) is 10.2. The molecule has 1 aromatic carbocycles. The molecule has 0 aliphatic rings. The summed E-state index contributed by atoms with van der Waals surface area (Å²) in [6, 6.07) is 7.83. The Hall–Kier alpha value is -1.59. The molecule has 0 unspecified atom stereocenters. The molecular weight excluding hydrogens is 268 g/mol. The Kier molecular flexibility index (Phi) is 8.47. The van der Waals surface area contributed by atoms with E-state index in [1.54, 1.807) is 0 Å². The molecule has 5 heteroatoms. The number of ether oxygens (including phenoxy) is 2. The maximum atomic E-state index is 11.2. The van der Waals surface area contributed by atoms with E-state index in [0.717, 1.165) is 24.3 Å². The second-order valence-electron chi connectivity index (χ2n) is 4.91. The molecular formula is C16H26N2O3. The molecule has 0 saturated carbocycles. The van der Waals surface area contributed by atoms with Crippen LogP contribution < -0.4 is 10.5 Å². The van der Waals surface area contributed by atoms with Crippen LogP contribution in [-0.4, -0.2) is 44.2 Å². The zero-order valence-electron chi connectivity index (χ0n) is 13.0. The highest BCUT2D eigenvalue weighted by molar-refractivity contribution is 5.69. The topological polar surface area (TPSA) is 64.8 Å². The van der Waals surface area contributed by atoms with Crippen molar-refractivity contribution < 1.29 is 14.3 Å². The molecule has 1 rings (SSSR count). The first-order valence-electron chi connectivity index (χ1n) is 7.41. The van der Waals surface area contributed by atoms with Crippen LogP contribution in [0.15, 0.2) is 24.3 Å². The Bertz CT molecular complexity index is 424. The zero-order valence-corrected chi connectivity index (χ0v) is 13.0. The standard InChI is InChI=1S/C16H26N2O3/c1-3-20-16(19)8-10-18(2)9-5-11-21-15-7-4-6-14(12-15)13-17/h4,6-7,12H,3,5,8-11,13,17H2,1-2H3. The lowest BCUT2D eigenvalue weighted by atomic mass is 10.2. The van der Waals surface area contributed by atoms with Crippen LogP contribution in [-0.2, 0) is 16.1 Å². The van der Waals surface area contributed by atoms with Crippen LogP contribution in [0.5, 0.6) is 5.75 Å². The van der Waals surface area contributed by atoms with Crippen molar-refractivity contribution in [3.05, 3.63) is 29.8 Å². The molecule has 0 radical (unpaired) electrons. The van der Waals surface area contributed by atoms with Crippen LogP contribution in [0.25, 0.3) is 0 Å². The Morgan fingerprint density at radius 1 is 1.33 bits per heavy atom. The molecule has 0 saturated heterocycles. The van der Waals surface area contributed by atoms with E-state index in [-0.39, 0.29) is 5.97 Å². The number of nitrogens with two attached hydrogens (primary N) is 1. The quantitative estimate of drug-likeness (QED) is 0.526. The molecule has 0 aromatic heterocycles. The van der Waals surface area contributed by atoms with Crippen LogP contribution in [0, 0.1) is 0 Å². The highest BCUT2D eigenvalue weighted by Gasteiger charge is 2.05. The van der Waals surface area contributed by atoms with Crippen LogP contribution in [0.3, 0.4) is 0 Å². The molecule has 0 amide bonds. The smallest absolute Gasteiger partial charge is 0.307 e. The summed E-state index contributed by atoms with van der Waals surface area (Å²) >= 11 is 0. The first kappa shape index (κ1) is 17.5. The van der Waals surface area contributed by atoms with Crippen LogP contribution in [0.4, 0.5) is 0 Å². The van der Waals surface area contributed by atoms with Gasteiger partial charge in [0.05, 0.1) is 19.6 Å². The zero-order chi connectivity index (χ0) is 15.5. The molecule has 0 aliphatic carbocycles. The lowest BCUT2D eigenvalue weighted by molar-refractivity contribution is -0.143. The van der Waals surface area contributed by atoms with Crippen molar-refractivity contribution in [2.75, 3.05) is 33.4 Å². The normalized spacial score (nSPS) is 10.7.